The van der Waals surface area contributed by atoms with Crippen LogP contribution in [0.1, 0.15) is 18.1 Å². The Bertz CT molecular complexity index is 531. The van der Waals surface area contributed by atoms with E-state index in [2.05, 4.69) is 0 Å². The van der Waals surface area contributed by atoms with Crippen LogP contribution in [0.4, 0.5) is 0 Å². The van der Waals surface area contributed by atoms with Crippen LogP contribution in [0, 0.1) is 13.8 Å². The molecular formula is C14H23NO4S. The van der Waals surface area contributed by atoms with Crippen LogP contribution in [0.25, 0.3) is 0 Å². The van der Waals surface area contributed by atoms with Crippen LogP contribution >= 0.6 is 0 Å². The van der Waals surface area contributed by atoms with E-state index in [1.165, 1.54) is 4.31 Å². The number of likely N-dealkylation sites (N-methyl/N-ethyl adjacent to an activating group) is 1. The standard InChI is InChI=1S/C14H23NO4S/c1-6-19-8-7-15(4)20(16,17)14-11(2)9-13(18-5)10-12(14)3/h9-10H,6-8H2,1-5H3. The van der Waals surface area contributed by atoms with E-state index in [-0.39, 0.29) is 0 Å². The molecule has 0 heterocycles. The first-order valence-electron chi connectivity index (χ1n) is 6.54. The van der Waals surface area contributed by atoms with E-state index in [4.69, 9.17) is 9.47 Å². The number of ether oxygens (including phenoxy) is 2. The van der Waals surface area contributed by atoms with Crippen LogP contribution < -0.4 is 4.74 Å². The normalized spacial score (nSPS) is 11.9. The highest BCUT2D eigenvalue weighted by Crippen LogP contribution is 2.27. The number of rotatable bonds is 7. The molecule has 20 heavy (non-hydrogen) atoms. The second-order valence-electron chi connectivity index (χ2n) is 4.61. The second kappa shape index (κ2) is 7.06. The van der Waals surface area contributed by atoms with Crippen LogP contribution in [0.2, 0.25) is 0 Å². The molecule has 0 aliphatic heterocycles. The minimum atomic E-state index is -3.51. The Hall–Kier alpha value is -1.11. The Morgan fingerprint density at radius 1 is 1.20 bits per heavy atom. The van der Waals surface area contributed by atoms with Gasteiger partial charge in [-0.2, -0.15) is 4.31 Å². The van der Waals surface area contributed by atoms with Crippen LogP contribution in [0.15, 0.2) is 17.0 Å². The zero-order valence-electron chi connectivity index (χ0n) is 12.8. The molecule has 0 spiro atoms. The maximum absolute atomic E-state index is 12.6. The molecule has 0 radical (unpaired) electrons. The molecule has 0 saturated carbocycles. The summed E-state index contributed by atoms with van der Waals surface area (Å²) in [7, 11) is -0.375. The fourth-order valence-electron chi connectivity index (χ4n) is 2.05. The van der Waals surface area contributed by atoms with E-state index in [1.807, 2.05) is 6.92 Å². The predicted octanol–water partition coefficient (Wildman–Crippen LogP) is 1.97. The summed E-state index contributed by atoms with van der Waals surface area (Å²) in [5, 5.41) is 0. The van der Waals surface area contributed by atoms with E-state index in [1.54, 1.807) is 40.1 Å². The Balaban J connectivity index is 3.09. The molecule has 1 rings (SSSR count). The molecule has 1 aromatic rings. The number of benzene rings is 1. The Morgan fingerprint density at radius 2 is 1.75 bits per heavy atom. The molecular weight excluding hydrogens is 278 g/mol. The molecule has 5 nitrogen and oxygen atoms in total. The molecule has 0 aliphatic carbocycles. The van der Waals surface area contributed by atoms with Crippen molar-refractivity contribution >= 4 is 10.0 Å². The van der Waals surface area contributed by atoms with Gasteiger partial charge in [0.2, 0.25) is 10.0 Å². The summed E-state index contributed by atoms with van der Waals surface area (Å²) in [6, 6.07) is 3.46. The third-order valence-electron chi connectivity index (χ3n) is 3.09. The Labute approximate surface area is 121 Å². The molecule has 0 fully saturated rings. The minimum Gasteiger partial charge on any atom is -0.497 e. The van der Waals surface area contributed by atoms with Gasteiger partial charge < -0.3 is 9.47 Å². The van der Waals surface area contributed by atoms with Gasteiger partial charge in [0.1, 0.15) is 5.75 Å². The summed E-state index contributed by atoms with van der Waals surface area (Å²) in [4.78, 5) is 0.345. The van der Waals surface area contributed by atoms with Crippen LogP contribution in [-0.2, 0) is 14.8 Å². The Kier molecular flexibility index (Phi) is 5.98. The quantitative estimate of drug-likeness (QED) is 0.723. The second-order valence-corrected chi connectivity index (χ2v) is 6.60. The van der Waals surface area contributed by atoms with Crippen molar-refractivity contribution in [1.29, 1.82) is 0 Å². The first-order valence-corrected chi connectivity index (χ1v) is 7.98. The maximum Gasteiger partial charge on any atom is 0.243 e. The minimum absolute atomic E-state index is 0.334. The van der Waals surface area contributed by atoms with Crippen LogP contribution in [0.3, 0.4) is 0 Å². The van der Waals surface area contributed by atoms with Gasteiger partial charge in [-0.1, -0.05) is 0 Å². The lowest BCUT2D eigenvalue weighted by molar-refractivity contribution is 0.138. The Morgan fingerprint density at radius 3 is 2.20 bits per heavy atom. The molecule has 114 valence electrons. The maximum atomic E-state index is 12.6. The zero-order chi connectivity index (χ0) is 15.3. The van der Waals surface area contributed by atoms with Gasteiger partial charge in [0, 0.05) is 20.2 Å². The SMILES string of the molecule is CCOCCN(C)S(=O)(=O)c1c(C)cc(OC)cc1C. The molecule has 0 amide bonds. The summed E-state index contributed by atoms with van der Waals surface area (Å²) >= 11 is 0. The molecule has 0 aromatic heterocycles. The number of sulfonamides is 1. The van der Waals surface area contributed by atoms with E-state index >= 15 is 0 Å². The predicted molar refractivity (Wildman–Crippen MR) is 78.8 cm³/mol. The van der Waals surface area contributed by atoms with Crippen molar-refractivity contribution in [3.8, 4) is 5.75 Å². The first kappa shape index (κ1) is 16.9. The van der Waals surface area contributed by atoms with Crippen LogP contribution in [0.5, 0.6) is 5.75 Å². The van der Waals surface area contributed by atoms with Gasteiger partial charge in [-0.3, -0.25) is 0 Å². The topological polar surface area (TPSA) is 55.8 Å². The fourth-order valence-corrected chi connectivity index (χ4v) is 3.61. The van der Waals surface area contributed by atoms with Crippen molar-refractivity contribution in [2.45, 2.75) is 25.7 Å². The lowest BCUT2D eigenvalue weighted by Gasteiger charge is -2.20. The number of hydrogen-bond acceptors (Lipinski definition) is 4. The summed E-state index contributed by atoms with van der Waals surface area (Å²) < 4.78 is 36.9. The van der Waals surface area contributed by atoms with Crippen LogP contribution in [-0.4, -0.2) is 46.6 Å². The smallest absolute Gasteiger partial charge is 0.243 e. The summed E-state index contributed by atoms with van der Waals surface area (Å²) in [6.07, 6.45) is 0. The average Bonchev–Trinajstić information content (AvgIpc) is 2.37. The highest BCUT2D eigenvalue weighted by molar-refractivity contribution is 7.89. The van der Waals surface area contributed by atoms with Gasteiger partial charge in [0.15, 0.2) is 0 Å². The lowest BCUT2D eigenvalue weighted by atomic mass is 10.1. The summed E-state index contributed by atoms with van der Waals surface area (Å²) in [5.41, 5.74) is 1.37. The van der Waals surface area contributed by atoms with Gasteiger partial charge in [-0.15, -0.1) is 0 Å². The van der Waals surface area contributed by atoms with Crippen molar-refractivity contribution in [1.82, 2.24) is 4.31 Å². The number of hydrogen-bond donors (Lipinski definition) is 0. The van der Waals surface area contributed by atoms with Gasteiger partial charge in [0.05, 0.1) is 18.6 Å². The molecule has 0 saturated heterocycles. The fraction of sp³-hybridized carbons (Fsp3) is 0.571. The van der Waals surface area contributed by atoms with Crippen molar-refractivity contribution in [3.63, 3.8) is 0 Å². The number of aryl methyl sites for hydroxylation is 2. The highest BCUT2D eigenvalue weighted by Gasteiger charge is 2.25. The molecule has 0 unspecified atom stereocenters. The number of nitrogens with zero attached hydrogens (tertiary/aromatic N) is 1. The van der Waals surface area contributed by atoms with Gasteiger partial charge in [-0.25, -0.2) is 8.42 Å². The molecule has 1 aromatic carbocycles. The van der Waals surface area contributed by atoms with Crippen molar-refractivity contribution in [2.75, 3.05) is 33.9 Å². The third kappa shape index (κ3) is 3.71. The average molecular weight is 301 g/mol. The van der Waals surface area contributed by atoms with E-state index < -0.39 is 10.0 Å². The molecule has 0 bridgehead atoms. The van der Waals surface area contributed by atoms with Gasteiger partial charge in [0.25, 0.3) is 0 Å². The van der Waals surface area contributed by atoms with Crippen molar-refractivity contribution in [2.24, 2.45) is 0 Å². The van der Waals surface area contributed by atoms with Crippen molar-refractivity contribution < 1.29 is 17.9 Å². The molecule has 6 heteroatoms. The van der Waals surface area contributed by atoms with E-state index in [0.717, 1.165) is 0 Å². The molecule has 0 N–H and O–H groups in total. The molecule has 0 atom stereocenters. The largest absolute Gasteiger partial charge is 0.497 e. The van der Waals surface area contributed by atoms with E-state index in [9.17, 15) is 8.42 Å². The first-order chi connectivity index (χ1) is 9.34. The third-order valence-corrected chi connectivity index (χ3v) is 5.26. The van der Waals surface area contributed by atoms with Crippen molar-refractivity contribution in [3.05, 3.63) is 23.3 Å². The van der Waals surface area contributed by atoms with Gasteiger partial charge in [-0.05, 0) is 44.0 Å². The highest BCUT2D eigenvalue weighted by atomic mass is 32.2. The monoisotopic (exact) mass is 301 g/mol. The van der Waals surface area contributed by atoms with E-state index in [0.29, 0.717) is 41.5 Å². The summed E-state index contributed by atoms with van der Waals surface area (Å²) in [5.74, 6) is 0.663. The zero-order valence-corrected chi connectivity index (χ0v) is 13.6. The number of methoxy groups -OCH3 is 1. The lowest BCUT2D eigenvalue weighted by Crippen LogP contribution is -2.31. The van der Waals surface area contributed by atoms with Gasteiger partial charge >= 0.3 is 0 Å². The molecule has 0 aliphatic rings. The summed E-state index contributed by atoms with van der Waals surface area (Å²) in [6.45, 7) is 6.74.